The molecule has 0 aliphatic rings. The average Bonchev–Trinajstić information content (AvgIpc) is 3.63. The molecule has 0 N–H and O–H groups in total. The Morgan fingerprint density at radius 1 is 0.348 bits per heavy atom. The molecule has 0 saturated heterocycles. The molecule has 0 fully saturated rings. The van der Waals surface area contributed by atoms with Gasteiger partial charge in [0.05, 0.1) is 68.6 Å². The lowest BCUT2D eigenvalue weighted by atomic mass is 9.99. The molecule has 0 saturated carbocycles. The number of nitrogens with zero attached hydrogens (tertiary/aromatic N) is 6. The fraction of sp³-hybridized carbons (Fsp3) is 0. The van der Waals surface area contributed by atoms with Crippen LogP contribution in [0.4, 0.5) is 0 Å². The first-order chi connectivity index (χ1) is 22.6. The monoisotopic (exact) mass is 584 g/mol. The minimum atomic E-state index is 0.405. The van der Waals surface area contributed by atoms with E-state index in [1.165, 1.54) is 0 Å². The summed E-state index contributed by atoms with van der Waals surface area (Å²) in [5.74, 6) is 0. The van der Waals surface area contributed by atoms with E-state index in [9.17, 15) is 21.0 Å². The van der Waals surface area contributed by atoms with E-state index in [1.807, 2.05) is 60.7 Å². The van der Waals surface area contributed by atoms with Crippen LogP contribution in [0.25, 0.3) is 66.1 Å². The summed E-state index contributed by atoms with van der Waals surface area (Å²) >= 11 is 0. The van der Waals surface area contributed by atoms with E-state index in [0.29, 0.717) is 22.3 Å². The third-order valence-electron chi connectivity index (χ3n) is 8.55. The second kappa shape index (κ2) is 10.3. The third-order valence-corrected chi connectivity index (χ3v) is 8.55. The summed E-state index contributed by atoms with van der Waals surface area (Å²) < 4.78 is 4.39. The van der Waals surface area contributed by atoms with E-state index < -0.39 is 0 Å². The number of fused-ring (bicyclic) bond motifs is 6. The summed E-state index contributed by atoms with van der Waals surface area (Å²) in [7, 11) is 0. The van der Waals surface area contributed by atoms with Gasteiger partial charge in [-0.25, -0.2) is 0 Å². The smallest absolute Gasteiger partial charge is 0.0992 e. The van der Waals surface area contributed by atoms with E-state index >= 15 is 0 Å². The van der Waals surface area contributed by atoms with Gasteiger partial charge in [0.1, 0.15) is 0 Å². The molecule has 2 heterocycles. The van der Waals surface area contributed by atoms with E-state index in [4.69, 9.17) is 0 Å². The van der Waals surface area contributed by atoms with Crippen LogP contribution in [0, 0.1) is 45.3 Å². The largest absolute Gasteiger partial charge is 0.309 e. The SMILES string of the molecule is N#Cc1cc(C#N)cc(-c2cc(-n3c4ccccc4c4cc(C#N)ccc43)cc(-n3c4ccccc4c4cc(C#N)ccc43)c2)c1. The van der Waals surface area contributed by atoms with Crippen molar-refractivity contribution in [2.75, 3.05) is 0 Å². The maximum Gasteiger partial charge on any atom is 0.0992 e. The molecule has 0 radical (unpaired) electrons. The lowest BCUT2D eigenvalue weighted by Crippen LogP contribution is -2.00. The molecule has 8 rings (SSSR count). The molecular weight excluding hydrogens is 564 g/mol. The summed E-state index contributed by atoms with van der Waals surface area (Å²) in [4.78, 5) is 0. The summed E-state index contributed by atoms with van der Waals surface area (Å²) in [5, 5.41) is 42.9. The van der Waals surface area contributed by atoms with Crippen molar-refractivity contribution in [1.82, 2.24) is 9.13 Å². The molecule has 6 aromatic carbocycles. The van der Waals surface area contributed by atoms with Crippen LogP contribution >= 0.6 is 0 Å². The summed E-state index contributed by atoms with van der Waals surface area (Å²) in [5.41, 5.74) is 9.20. The fourth-order valence-corrected chi connectivity index (χ4v) is 6.58. The van der Waals surface area contributed by atoms with Gasteiger partial charge in [0.2, 0.25) is 0 Å². The standard InChI is InChI=1S/C40H20N6/c41-21-25-9-11-39-35(16-25)33-5-1-3-7-37(33)45(39)31-18-30(29-14-27(23-43)13-28(15-29)24-44)19-32(20-31)46-38-8-4-2-6-34(38)36-17-26(22-42)10-12-40(36)46/h1-20H. The first kappa shape index (κ1) is 26.5. The zero-order valence-electron chi connectivity index (χ0n) is 24.2. The number of para-hydroxylation sites is 2. The second-order valence-corrected chi connectivity index (χ2v) is 11.2. The maximum atomic E-state index is 9.78. The number of aromatic nitrogens is 2. The van der Waals surface area contributed by atoms with Gasteiger partial charge in [-0.15, -0.1) is 0 Å². The van der Waals surface area contributed by atoms with E-state index in [-0.39, 0.29) is 0 Å². The van der Waals surface area contributed by atoms with Crippen molar-refractivity contribution in [3.05, 3.63) is 144 Å². The van der Waals surface area contributed by atoms with Gasteiger partial charge in [-0.2, -0.15) is 21.0 Å². The number of hydrogen-bond donors (Lipinski definition) is 0. The van der Waals surface area contributed by atoms with Gasteiger partial charge in [0, 0.05) is 32.9 Å². The number of hydrogen-bond acceptors (Lipinski definition) is 4. The van der Waals surface area contributed by atoms with Crippen LogP contribution in [0.15, 0.2) is 121 Å². The average molecular weight is 585 g/mol. The molecule has 0 spiro atoms. The minimum Gasteiger partial charge on any atom is -0.309 e. The van der Waals surface area contributed by atoms with E-state index in [2.05, 4.69) is 75.9 Å². The van der Waals surface area contributed by atoms with Crippen molar-refractivity contribution in [1.29, 1.82) is 21.0 Å². The van der Waals surface area contributed by atoms with Gasteiger partial charge in [0.25, 0.3) is 0 Å². The van der Waals surface area contributed by atoms with E-state index in [0.717, 1.165) is 66.1 Å². The highest BCUT2D eigenvalue weighted by Crippen LogP contribution is 2.38. The molecule has 0 bridgehead atoms. The Kier molecular flexibility index (Phi) is 5.91. The zero-order valence-corrected chi connectivity index (χ0v) is 24.2. The summed E-state index contributed by atoms with van der Waals surface area (Å²) in [6, 6.07) is 48.2. The molecule has 0 unspecified atom stereocenters. The molecule has 6 nitrogen and oxygen atoms in total. The fourth-order valence-electron chi connectivity index (χ4n) is 6.58. The highest BCUT2D eigenvalue weighted by atomic mass is 15.0. The predicted octanol–water partition coefficient (Wildman–Crippen LogP) is 9.03. The topological polar surface area (TPSA) is 105 Å². The van der Waals surface area contributed by atoms with Crippen molar-refractivity contribution in [2.24, 2.45) is 0 Å². The van der Waals surface area contributed by atoms with Crippen molar-refractivity contribution in [3.63, 3.8) is 0 Å². The van der Waals surface area contributed by atoms with Gasteiger partial charge in [0.15, 0.2) is 0 Å². The predicted molar refractivity (Wildman–Crippen MR) is 179 cm³/mol. The van der Waals surface area contributed by atoms with Crippen molar-refractivity contribution < 1.29 is 0 Å². The van der Waals surface area contributed by atoms with Crippen molar-refractivity contribution >= 4 is 43.6 Å². The molecule has 0 aliphatic heterocycles. The van der Waals surface area contributed by atoms with Gasteiger partial charge < -0.3 is 9.13 Å². The number of rotatable bonds is 3. The Labute approximate surface area is 263 Å². The van der Waals surface area contributed by atoms with Crippen LogP contribution in [0.5, 0.6) is 0 Å². The minimum absolute atomic E-state index is 0.405. The molecule has 2 aromatic heterocycles. The molecule has 0 amide bonds. The quantitative estimate of drug-likeness (QED) is 0.207. The first-order valence-corrected chi connectivity index (χ1v) is 14.6. The van der Waals surface area contributed by atoms with Crippen LogP contribution in [0.3, 0.4) is 0 Å². The van der Waals surface area contributed by atoms with Gasteiger partial charge in [-0.3, -0.25) is 0 Å². The lowest BCUT2D eigenvalue weighted by Gasteiger charge is -2.16. The Bertz CT molecular complexity index is 2570. The number of benzene rings is 6. The maximum absolute atomic E-state index is 9.78. The molecule has 0 aliphatic carbocycles. The summed E-state index contributed by atoms with van der Waals surface area (Å²) in [6.07, 6.45) is 0. The molecule has 46 heavy (non-hydrogen) atoms. The van der Waals surface area contributed by atoms with Gasteiger partial charge in [-0.1, -0.05) is 36.4 Å². The van der Waals surface area contributed by atoms with E-state index in [1.54, 1.807) is 18.2 Å². The van der Waals surface area contributed by atoms with Crippen LogP contribution in [-0.4, -0.2) is 9.13 Å². The van der Waals surface area contributed by atoms with Gasteiger partial charge in [-0.05, 0) is 96.1 Å². The molecule has 8 aromatic rings. The first-order valence-electron chi connectivity index (χ1n) is 14.6. The van der Waals surface area contributed by atoms with Crippen molar-refractivity contribution in [2.45, 2.75) is 0 Å². The summed E-state index contributed by atoms with van der Waals surface area (Å²) in [6.45, 7) is 0. The van der Waals surface area contributed by atoms with Gasteiger partial charge >= 0.3 is 0 Å². The van der Waals surface area contributed by atoms with Crippen LogP contribution in [0.1, 0.15) is 22.3 Å². The highest BCUT2D eigenvalue weighted by molar-refractivity contribution is 6.11. The highest BCUT2D eigenvalue weighted by Gasteiger charge is 2.18. The zero-order chi connectivity index (χ0) is 31.4. The Hall–Kier alpha value is -7.12. The Morgan fingerprint density at radius 3 is 1.22 bits per heavy atom. The number of nitriles is 4. The Morgan fingerprint density at radius 2 is 0.761 bits per heavy atom. The van der Waals surface area contributed by atoms with Crippen LogP contribution < -0.4 is 0 Å². The normalized spacial score (nSPS) is 11.0. The van der Waals surface area contributed by atoms with Crippen LogP contribution in [-0.2, 0) is 0 Å². The van der Waals surface area contributed by atoms with Crippen LogP contribution in [0.2, 0.25) is 0 Å². The lowest BCUT2D eigenvalue weighted by molar-refractivity contribution is 1.13. The van der Waals surface area contributed by atoms with Crippen molar-refractivity contribution in [3.8, 4) is 46.8 Å². The molecule has 0 atom stereocenters. The molecular formula is C40H20N6. The molecule has 6 heteroatoms. The Balaban J connectivity index is 1.51. The third kappa shape index (κ3) is 4.00. The second-order valence-electron chi connectivity index (χ2n) is 11.2. The molecule has 210 valence electrons.